The molecule has 2 aromatic heterocycles. The Balaban J connectivity index is 1.73. The molecule has 0 bridgehead atoms. The van der Waals surface area contributed by atoms with Crippen LogP contribution in [0.25, 0.3) is 11.5 Å². The van der Waals surface area contributed by atoms with Crippen LogP contribution in [-0.2, 0) is 6.54 Å². The van der Waals surface area contributed by atoms with Crippen molar-refractivity contribution in [3.8, 4) is 11.5 Å². The first-order valence-electron chi connectivity index (χ1n) is 5.82. The topological polar surface area (TPSA) is 82.3 Å². The van der Waals surface area contributed by atoms with Gasteiger partial charge in [-0.25, -0.2) is 9.37 Å². The summed E-state index contributed by atoms with van der Waals surface area (Å²) in [4.78, 5) is 11.0. The van der Waals surface area contributed by atoms with Gasteiger partial charge in [0.1, 0.15) is 11.5 Å². The van der Waals surface area contributed by atoms with Gasteiger partial charge in [0.25, 0.3) is 0 Å². The molecule has 3 rings (SSSR count). The summed E-state index contributed by atoms with van der Waals surface area (Å²) in [7, 11) is 0. The largest absolute Gasteiger partial charge is 0.349 e. The second kappa shape index (κ2) is 5.30. The first-order chi connectivity index (χ1) is 9.74. The molecule has 0 fully saturated rings. The Morgan fingerprint density at radius 2 is 2.25 bits per heavy atom. The lowest BCUT2D eigenvalue weighted by Gasteiger charge is -2.05. The molecule has 2 heterocycles. The van der Waals surface area contributed by atoms with Crippen LogP contribution in [0.5, 0.6) is 0 Å². The third-order valence-corrected chi connectivity index (χ3v) is 3.08. The van der Waals surface area contributed by atoms with Crippen LogP contribution in [0.4, 0.5) is 10.3 Å². The predicted octanol–water partition coefficient (Wildman–Crippen LogP) is 2.60. The van der Waals surface area contributed by atoms with Gasteiger partial charge in [-0.15, -0.1) is 5.10 Å². The number of nitrogens with one attached hydrogen (secondary N) is 3. The molecule has 20 heavy (non-hydrogen) atoms. The zero-order valence-electron chi connectivity index (χ0n) is 10.2. The average Bonchev–Trinajstić information content (AvgIpc) is 3.09. The van der Waals surface area contributed by atoms with Crippen molar-refractivity contribution in [3.05, 3.63) is 47.1 Å². The minimum absolute atomic E-state index is 0.200. The number of benzene rings is 1. The molecule has 3 N–H and O–H groups in total. The second-order valence-electron chi connectivity index (χ2n) is 4.03. The van der Waals surface area contributed by atoms with E-state index in [0.29, 0.717) is 22.4 Å². The molecule has 6 nitrogen and oxygen atoms in total. The van der Waals surface area contributed by atoms with Gasteiger partial charge in [-0.3, -0.25) is 5.10 Å². The average molecular weight is 293 g/mol. The Hall–Kier alpha value is -2.41. The normalized spacial score (nSPS) is 10.7. The molecule has 0 unspecified atom stereocenters. The number of anilines is 1. The van der Waals surface area contributed by atoms with E-state index < -0.39 is 0 Å². The van der Waals surface area contributed by atoms with E-state index in [1.807, 2.05) is 0 Å². The zero-order chi connectivity index (χ0) is 13.9. The summed E-state index contributed by atoms with van der Waals surface area (Å²) in [6, 6.07) is 4.55. The number of aromatic nitrogens is 5. The lowest BCUT2D eigenvalue weighted by molar-refractivity contribution is 0.613. The summed E-state index contributed by atoms with van der Waals surface area (Å²) in [6.45, 7) is 0.200. The lowest BCUT2D eigenvalue weighted by Crippen LogP contribution is -2.03. The standard InChI is InChI=1S/C12H10ClFN6/c13-8-2-1-3-9(14)7(8)4-16-12-18-11(19-20-12)10-5-15-6-17-10/h1-3,5-6H,4H2,(H,15,17)(H2,16,18,19,20). The molecule has 102 valence electrons. The van der Waals surface area contributed by atoms with Crippen molar-refractivity contribution in [2.45, 2.75) is 6.54 Å². The number of nitrogens with zero attached hydrogens (tertiary/aromatic N) is 3. The fourth-order valence-electron chi connectivity index (χ4n) is 1.72. The van der Waals surface area contributed by atoms with E-state index in [0.717, 1.165) is 5.69 Å². The number of hydrogen-bond donors (Lipinski definition) is 3. The molecule has 0 amide bonds. The Kier molecular flexibility index (Phi) is 3.34. The molecule has 0 saturated carbocycles. The number of rotatable bonds is 4. The van der Waals surface area contributed by atoms with E-state index in [4.69, 9.17) is 11.6 Å². The van der Waals surface area contributed by atoms with Gasteiger partial charge in [-0.1, -0.05) is 17.7 Å². The highest BCUT2D eigenvalue weighted by molar-refractivity contribution is 6.31. The smallest absolute Gasteiger partial charge is 0.242 e. The number of H-pyrrole nitrogens is 2. The minimum Gasteiger partial charge on any atom is -0.349 e. The SMILES string of the molecule is Fc1cccc(Cl)c1CNc1n[nH]c(-c2cnc[nH]2)n1. The van der Waals surface area contributed by atoms with Crippen LogP contribution in [0.15, 0.2) is 30.7 Å². The highest BCUT2D eigenvalue weighted by Crippen LogP contribution is 2.20. The third kappa shape index (κ3) is 2.48. The van der Waals surface area contributed by atoms with E-state index >= 15 is 0 Å². The first-order valence-corrected chi connectivity index (χ1v) is 6.20. The lowest BCUT2D eigenvalue weighted by atomic mass is 10.2. The van der Waals surface area contributed by atoms with Gasteiger partial charge in [0.2, 0.25) is 5.95 Å². The van der Waals surface area contributed by atoms with E-state index in [1.165, 1.54) is 6.07 Å². The molecule has 0 radical (unpaired) electrons. The van der Waals surface area contributed by atoms with Gasteiger partial charge in [-0.05, 0) is 12.1 Å². The quantitative estimate of drug-likeness (QED) is 0.690. The van der Waals surface area contributed by atoms with Crippen LogP contribution in [0, 0.1) is 5.82 Å². The number of aromatic amines is 2. The zero-order valence-corrected chi connectivity index (χ0v) is 10.9. The molecule has 0 aliphatic rings. The monoisotopic (exact) mass is 292 g/mol. The van der Waals surface area contributed by atoms with Crippen molar-refractivity contribution in [2.75, 3.05) is 5.32 Å². The Morgan fingerprint density at radius 1 is 1.35 bits per heavy atom. The fraction of sp³-hybridized carbons (Fsp3) is 0.0833. The molecular formula is C12H10ClFN6. The summed E-state index contributed by atoms with van der Waals surface area (Å²) < 4.78 is 13.6. The van der Waals surface area contributed by atoms with E-state index in [-0.39, 0.29) is 12.4 Å². The van der Waals surface area contributed by atoms with Crippen molar-refractivity contribution < 1.29 is 4.39 Å². The van der Waals surface area contributed by atoms with Crippen LogP contribution < -0.4 is 5.32 Å². The van der Waals surface area contributed by atoms with Gasteiger partial charge in [0.05, 0.1) is 12.5 Å². The number of halogens is 2. The first kappa shape index (κ1) is 12.6. The Morgan fingerprint density at radius 3 is 3.00 bits per heavy atom. The van der Waals surface area contributed by atoms with Gasteiger partial charge in [0.15, 0.2) is 5.82 Å². The summed E-state index contributed by atoms with van der Waals surface area (Å²) in [5.41, 5.74) is 1.09. The highest BCUT2D eigenvalue weighted by atomic mass is 35.5. The predicted molar refractivity (Wildman–Crippen MR) is 72.7 cm³/mol. The summed E-state index contributed by atoms with van der Waals surface area (Å²) >= 11 is 5.94. The van der Waals surface area contributed by atoms with Crippen molar-refractivity contribution in [1.82, 2.24) is 25.1 Å². The van der Waals surface area contributed by atoms with E-state index in [9.17, 15) is 4.39 Å². The molecular weight excluding hydrogens is 283 g/mol. The molecule has 8 heteroatoms. The molecule has 3 aromatic rings. The van der Waals surface area contributed by atoms with Crippen LogP contribution >= 0.6 is 11.6 Å². The van der Waals surface area contributed by atoms with Crippen molar-refractivity contribution in [3.63, 3.8) is 0 Å². The minimum atomic E-state index is -0.366. The van der Waals surface area contributed by atoms with Crippen molar-refractivity contribution in [1.29, 1.82) is 0 Å². The third-order valence-electron chi connectivity index (χ3n) is 2.72. The van der Waals surface area contributed by atoms with Gasteiger partial charge in [0, 0.05) is 17.1 Å². The van der Waals surface area contributed by atoms with Crippen LogP contribution in [-0.4, -0.2) is 25.1 Å². The van der Waals surface area contributed by atoms with E-state index in [1.54, 1.807) is 24.7 Å². The maximum atomic E-state index is 13.6. The van der Waals surface area contributed by atoms with Crippen molar-refractivity contribution in [2.24, 2.45) is 0 Å². The Labute approximate surface area is 118 Å². The molecule has 0 aliphatic carbocycles. The van der Waals surface area contributed by atoms with Crippen LogP contribution in [0.3, 0.4) is 0 Å². The molecule has 0 aliphatic heterocycles. The maximum absolute atomic E-state index is 13.6. The number of hydrogen-bond acceptors (Lipinski definition) is 4. The van der Waals surface area contributed by atoms with Crippen LogP contribution in [0.2, 0.25) is 5.02 Å². The van der Waals surface area contributed by atoms with Gasteiger partial charge in [-0.2, -0.15) is 4.98 Å². The molecule has 1 aromatic carbocycles. The summed E-state index contributed by atoms with van der Waals surface area (Å²) in [5, 5.41) is 10.0. The van der Waals surface area contributed by atoms with Crippen LogP contribution in [0.1, 0.15) is 5.56 Å². The Bertz CT molecular complexity index is 688. The van der Waals surface area contributed by atoms with Gasteiger partial charge >= 0.3 is 0 Å². The van der Waals surface area contributed by atoms with Crippen molar-refractivity contribution >= 4 is 17.5 Å². The fourth-order valence-corrected chi connectivity index (χ4v) is 1.95. The second-order valence-corrected chi connectivity index (χ2v) is 4.43. The molecule has 0 saturated heterocycles. The van der Waals surface area contributed by atoms with Gasteiger partial charge < -0.3 is 10.3 Å². The van der Waals surface area contributed by atoms with E-state index in [2.05, 4.69) is 30.5 Å². The summed E-state index contributed by atoms with van der Waals surface area (Å²) in [5.74, 6) is 0.535. The summed E-state index contributed by atoms with van der Waals surface area (Å²) in [6.07, 6.45) is 3.17. The number of imidazole rings is 1. The molecule has 0 atom stereocenters. The maximum Gasteiger partial charge on any atom is 0.242 e. The molecule has 0 spiro atoms. The highest BCUT2D eigenvalue weighted by Gasteiger charge is 2.09.